The number of hydrogen-bond donors (Lipinski definition) is 0. The fraction of sp³-hybridized carbons (Fsp3) is 0.400. The molecule has 12 heavy (non-hydrogen) atoms. The number of hydrogen-bond acceptors (Lipinski definition) is 2. The molecule has 0 fully saturated rings. The minimum atomic E-state index is 1.03. The zero-order valence-electron chi connectivity index (χ0n) is 7.76. The van der Waals surface area contributed by atoms with E-state index in [9.17, 15) is 0 Å². The van der Waals surface area contributed by atoms with Gasteiger partial charge in [0.05, 0.1) is 7.11 Å². The number of ether oxygens (including phenoxy) is 1. The van der Waals surface area contributed by atoms with Crippen molar-refractivity contribution in [1.82, 2.24) is 0 Å². The summed E-state index contributed by atoms with van der Waals surface area (Å²) in [6.07, 6.45) is 3.09. The predicted molar refractivity (Wildman–Crippen MR) is 54.2 cm³/mol. The fourth-order valence-corrected chi connectivity index (χ4v) is 1.85. The molecule has 1 aromatic rings. The van der Waals surface area contributed by atoms with Crippen LogP contribution >= 0.6 is 11.8 Å². The zero-order chi connectivity index (χ0) is 8.97. The lowest BCUT2D eigenvalue weighted by Gasteiger charge is -2.09. The van der Waals surface area contributed by atoms with Crippen molar-refractivity contribution in [2.45, 2.75) is 18.2 Å². The lowest BCUT2D eigenvalue weighted by molar-refractivity contribution is 0.400. The summed E-state index contributed by atoms with van der Waals surface area (Å²) >= 11 is 1.72. The topological polar surface area (TPSA) is 9.23 Å². The van der Waals surface area contributed by atoms with E-state index in [1.807, 2.05) is 0 Å². The second-order valence-corrected chi connectivity index (χ2v) is 3.35. The van der Waals surface area contributed by atoms with Crippen molar-refractivity contribution in [3.05, 3.63) is 23.8 Å². The maximum Gasteiger partial charge on any atom is 0.135 e. The molecule has 0 aliphatic heterocycles. The van der Waals surface area contributed by atoms with Gasteiger partial charge in [-0.1, -0.05) is 19.1 Å². The SMILES string of the molecule is CCc1cccc(SC)c1OC. The molecule has 66 valence electrons. The van der Waals surface area contributed by atoms with E-state index < -0.39 is 0 Å². The maximum absolute atomic E-state index is 5.34. The van der Waals surface area contributed by atoms with Gasteiger partial charge in [-0.15, -0.1) is 11.8 Å². The first-order valence-electron chi connectivity index (χ1n) is 4.03. The fourth-order valence-electron chi connectivity index (χ4n) is 1.23. The molecule has 0 unspecified atom stereocenters. The molecule has 1 aromatic carbocycles. The van der Waals surface area contributed by atoms with Crippen molar-refractivity contribution in [3.8, 4) is 5.75 Å². The second-order valence-electron chi connectivity index (χ2n) is 2.51. The summed E-state index contributed by atoms with van der Waals surface area (Å²) in [4.78, 5) is 1.22. The van der Waals surface area contributed by atoms with Gasteiger partial charge in [-0.05, 0) is 24.3 Å². The second kappa shape index (κ2) is 4.41. The lowest BCUT2D eigenvalue weighted by atomic mass is 10.1. The maximum atomic E-state index is 5.34. The van der Waals surface area contributed by atoms with Gasteiger partial charge in [0.25, 0.3) is 0 Å². The largest absolute Gasteiger partial charge is 0.495 e. The molecule has 0 amide bonds. The molecule has 0 aliphatic rings. The highest BCUT2D eigenvalue weighted by Crippen LogP contribution is 2.30. The van der Waals surface area contributed by atoms with Crippen LogP contribution in [0.1, 0.15) is 12.5 Å². The molecule has 2 heteroatoms. The molecule has 0 spiro atoms. The highest BCUT2D eigenvalue weighted by atomic mass is 32.2. The van der Waals surface area contributed by atoms with Crippen molar-refractivity contribution >= 4 is 11.8 Å². The van der Waals surface area contributed by atoms with E-state index >= 15 is 0 Å². The van der Waals surface area contributed by atoms with E-state index in [4.69, 9.17) is 4.74 Å². The summed E-state index contributed by atoms with van der Waals surface area (Å²) in [5.74, 6) is 1.03. The molecule has 0 aliphatic carbocycles. The van der Waals surface area contributed by atoms with Crippen LogP contribution in [-0.2, 0) is 6.42 Å². The van der Waals surface area contributed by atoms with Crippen LogP contribution in [0.5, 0.6) is 5.75 Å². The summed E-state index contributed by atoms with van der Waals surface area (Å²) in [5, 5.41) is 0. The van der Waals surface area contributed by atoms with E-state index in [-0.39, 0.29) is 0 Å². The van der Waals surface area contributed by atoms with E-state index in [2.05, 4.69) is 31.4 Å². The Morgan fingerprint density at radius 1 is 1.42 bits per heavy atom. The van der Waals surface area contributed by atoms with Gasteiger partial charge < -0.3 is 4.74 Å². The quantitative estimate of drug-likeness (QED) is 0.665. The van der Waals surface area contributed by atoms with Crippen LogP contribution in [0.4, 0.5) is 0 Å². The van der Waals surface area contributed by atoms with Crippen molar-refractivity contribution in [2.75, 3.05) is 13.4 Å². The van der Waals surface area contributed by atoms with Crippen LogP contribution in [0.25, 0.3) is 0 Å². The van der Waals surface area contributed by atoms with Gasteiger partial charge in [0.2, 0.25) is 0 Å². The molecular formula is C10H14OS. The van der Waals surface area contributed by atoms with Gasteiger partial charge in [-0.3, -0.25) is 0 Å². The summed E-state index contributed by atoms with van der Waals surface area (Å²) in [5.41, 5.74) is 1.28. The highest BCUT2D eigenvalue weighted by molar-refractivity contribution is 7.98. The van der Waals surface area contributed by atoms with Crippen LogP contribution in [0.15, 0.2) is 23.1 Å². The van der Waals surface area contributed by atoms with Crippen molar-refractivity contribution in [3.63, 3.8) is 0 Å². The Kier molecular flexibility index (Phi) is 3.48. The Morgan fingerprint density at radius 3 is 2.67 bits per heavy atom. The first kappa shape index (κ1) is 9.46. The third-order valence-electron chi connectivity index (χ3n) is 1.87. The standard InChI is InChI=1S/C10H14OS/c1-4-8-6-5-7-9(12-3)10(8)11-2/h5-7H,4H2,1-3H3. The molecule has 0 saturated heterocycles. The number of methoxy groups -OCH3 is 1. The van der Waals surface area contributed by atoms with Crippen LogP contribution in [0.2, 0.25) is 0 Å². The minimum absolute atomic E-state index is 1.03. The number of benzene rings is 1. The van der Waals surface area contributed by atoms with E-state index in [0.717, 1.165) is 12.2 Å². The Bertz CT molecular complexity index is 236. The van der Waals surface area contributed by atoms with E-state index in [1.54, 1.807) is 18.9 Å². The average molecular weight is 182 g/mol. The molecule has 0 radical (unpaired) electrons. The molecule has 0 aromatic heterocycles. The van der Waals surface area contributed by atoms with Crippen molar-refractivity contribution in [1.29, 1.82) is 0 Å². The van der Waals surface area contributed by atoms with Crippen LogP contribution < -0.4 is 4.74 Å². The molecule has 0 bridgehead atoms. The number of aryl methyl sites for hydroxylation is 1. The number of rotatable bonds is 3. The Labute approximate surface area is 78.1 Å². The van der Waals surface area contributed by atoms with Gasteiger partial charge in [0, 0.05) is 4.90 Å². The first-order chi connectivity index (χ1) is 5.83. The Hall–Kier alpha value is -0.630. The molecule has 1 rings (SSSR count). The zero-order valence-corrected chi connectivity index (χ0v) is 8.57. The van der Waals surface area contributed by atoms with Gasteiger partial charge in [0.15, 0.2) is 0 Å². The van der Waals surface area contributed by atoms with E-state index in [0.29, 0.717) is 0 Å². The van der Waals surface area contributed by atoms with Gasteiger partial charge in [-0.2, -0.15) is 0 Å². The highest BCUT2D eigenvalue weighted by Gasteiger charge is 2.05. The van der Waals surface area contributed by atoms with Crippen LogP contribution in [0.3, 0.4) is 0 Å². The van der Waals surface area contributed by atoms with Gasteiger partial charge in [0.1, 0.15) is 5.75 Å². The average Bonchev–Trinajstić information content (AvgIpc) is 2.16. The van der Waals surface area contributed by atoms with Gasteiger partial charge >= 0.3 is 0 Å². The Balaban J connectivity index is 3.13. The summed E-state index contributed by atoms with van der Waals surface area (Å²) in [6.45, 7) is 2.14. The molecular weight excluding hydrogens is 168 g/mol. The molecule has 0 heterocycles. The van der Waals surface area contributed by atoms with E-state index in [1.165, 1.54) is 10.5 Å². The normalized spacial score (nSPS) is 9.92. The Morgan fingerprint density at radius 2 is 2.17 bits per heavy atom. The lowest BCUT2D eigenvalue weighted by Crippen LogP contribution is -1.91. The summed E-state index contributed by atoms with van der Waals surface area (Å²) in [7, 11) is 1.73. The van der Waals surface area contributed by atoms with Crippen LogP contribution in [-0.4, -0.2) is 13.4 Å². The summed E-state index contributed by atoms with van der Waals surface area (Å²) < 4.78 is 5.34. The molecule has 1 nitrogen and oxygen atoms in total. The minimum Gasteiger partial charge on any atom is -0.495 e. The molecule has 0 saturated carbocycles. The van der Waals surface area contributed by atoms with Crippen molar-refractivity contribution < 1.29 is 4.74 Å². The number of thioether (sulfide) groups is 1. The predicted octanol–water partition coefficient (Wildman–Crippen LogP) is 2.98. The third kappa shape index (κ3) is 1.75. The van der Waals surface area contributed by atoms with Gasteiger partial charge in [-0.25, -0.2) is 0 Å². The van der Waals surface area contributed by atoms with Crippen molar-refractivity contribution in [2.24, 2.45) is 0 Å². The molecule has 0 N–H and O–H groups in total. The van der Waals surface area contributed by atoms with Crippen LogP contribution in [0, 0.1) is 0 Å². The summed E-state index contributed by atoms with van der Waals surface area (Å²) in [6, 6.07) is 6.27. The molecule has 0 atom stereocenters. The third-order valence-corrected chi connectivity index (χ3v) is 2.63. The number of para-hydroxylation sites is 1. The smallest absolute Gasteiger partial charge is 0.135 e. The first-order valence-corrected chi connectivity index (χ1v) is 5.25. The monoisotopic (exact) mass is 182 g/mol.